The van der Waals surface area contributed by atoms with Gasteiger partial charge in [0.25, 0.3) is 0 Å². The largest absolute Gasteiger partial charge is 0.381 e. The Bertz CT molecular complexity index is 454. The van der Waals surface area contributed by atoms with E-state index in [1.54, 1.807) is 0 Å². The van der Waals surface area contributed by atoms with Crippen LogP contribution in [-0.2, 0) is 4.74 Å². The van der Waals surface area contributed by atoms with Crippen LogP contribution in [0.2, 0.25) is 0 Å². The molecule has 1 spiro atoms. The number of nitrogens with one attached hydrogen (secondary N) is 1. The van der Waals surface area contributed by atoms with Gasteiger partial charge in [-0.1, -0.05) is 12.1 Å². The molecule has 2 heterocycles. The smallest absolute Gasteiger partial charge is 0.0991 e. The van der Waals surface area contributed by atoms with Crippen LogP contribution in [0, 0.1) is 16.7 Å². The molecule has 2 saturated heterocycles. The highest BCUT2D eigenvalue weighted by Crippen LogP contribution is 2.43. The first-order valence-electron chi connectivity index (χ1n) is 6.63. The van der Waals surface area contributed by atoms with Crippen molar-refractivity contribution in [2.45, 2.75) is 25.3 Å². The Labute approximate surface area is 108 Å². The zero-order chi connectivity index (χ0) is 12.4. The summed E-state index contributed by atoms with van der Waals surface area (Å²) in [5.41, 5.74) is 2.41. The average Bonchev–Trinajstić information content (AvgIpc) is 2.87. The number of hydrogen-bond acceptors (Lipinski definition) is 3. The van der Waals surface area contributed by atoms with Crippen molar-refractivity contribution in [3.63, 3.8) is 0 Å². The van der Waals surface area contributed by atoms with Crippen molar-refractivity contribution in [2.75, 3.05) is 19.8 Å². The SMILES string of the molecule is N#Cc1ccc(C2CC3(CCN2)CCOC3)cc1. The number of nitrogens with zero attached hydrogens (tertiary/aromatic N) is 1. The van der Waals surface area contributed by atoms with Crippen LogP contribution in [-0.4, -0.2) is 19.8 Å². The van der Waals surface area contributed by atoms with E-state index in [1.165, 1.54) is 18.4 Å². The lowest BCUT2D eigenvalue weighted by atomic mass is 9.74. The number of piperidine rings is 1. The molecular formula is C15H18N2O. The monoisotopic (exact) mass is 242 g/mol. The van der Waals surface area contributed by atoms with E-state index >= 15 is 0 Å². The number of ether oxygens (including phenoxy) is 1. The van der Waals surface area contributed by atoms with Crippen molar-refractivity contribution >= 4 is 0 Å². The van der Waals surface area contributed by atoms with Crippen LogP contribution in [0.25, 0.3) is 0 Å². The maximum absolute atomic E-state index is 8.82. The van der Waals surface area contributed by atoms with Gasteiger partial charge in [0.1, 0.15) is 0 Å². The minimum Gasteiger partial charge on any atom is -0.381 e. The summed E-state index contributed by atoms with van der Waals surface area (Å²) in [6.45, 7) is 2.90. The molecule has 1 aromatic carbocycles. The van der Waals surface area contributed by atoms with Crippen LogP contribution in [0.15, 0.2) is 24.3 Å². The van der Waals surface area contributed by atoms with Crippen molar-refractivity contribution in [1.82, 2.24) is 5.32 Å². The summed E-state index contributed by atoms with van der Waals surface area (Å²) in [4.78, 5) is 0. The van der Waals surface area contributed by atoms with Crippen molar-refractivity contribution in [1.29, 1.82) is 5.26 Å². The summed E-state index contributed by atoms with van der Waals surface area (Å²) in [5.74, 6) is 0. The number of hydrogen-bond donors (Lipinski definition) is 1. The van der Waals surface area contributed by atoms with Gasteiger partial charge in [0.05, 0.1) is 18.2 Å². The topological polar surface area (TPSA) is 45.0 Å². The second-order valence-corrected chi connectivity index (χ2v) is 5.50. The standard InChI is InChI=1S/C15H18N2O/c16-10-12-1-3-13(4-2-12)14-9-15(5-7-17-14)6-8-18-11-15/h1-4,14,17H,5-9,11H2. The van der Waals surface area contributed by atoms with Crippen molar-refractivity contribution in [3.8, 4) is 6.07 Å². The Hall–Kier alpha value is -1.37. The van der Waals surface area contributed by atoms with Crippen LogP contribution in [0.5, 0.6) is 0 Å². The molecule has 2 fully saturated rings. The van der Waals surface area contributed by atoms with E-state index in [4.69, 9.17) is 10.00 Å². The van der Waals surface area contributed by atoms with Gasteiger partial charge in [-0.3, -0.25) is 0 Å². The molecule has 2 unspecified atom stereocenters. The molecule has 0 bridgehead atoms. The average molecular weight is 242 g/mol. The van der Waals surface area contributed by atoms with Gasteiger partial charge in [-0.25, -0.2) is 0 Å². The molecule has 0 aliphatic carbocycles. The zero-order valence-electron chi connectivity index (χ0n) is 10.5. The maximum Gasteiger partial charge on any atom is 0.0991 e. The first-order chi connectivity index (χ1) is 8.81. The molecule has 3 nitrogen and oxygen atoms in total. The van der Waals surface area contributed by atoms with E-state index in [0.29, 0.717) is 11.5 Å². The number of rotatable bonds is 1. The summed E-state index contributed by atoms with van der Waals surface area (Å²) < 4.78 is 5.59. The van der Waals surface area contributed by atoms with Gasteiger partial charge in [0, 0.05) is 12.6 Å². The fourth-order valence-electron chi connectivity index (χ4n) is 3.15. The van der Waals surface area contributed by atoms with Gasteiger partial charge in [0.2, 0.25) is 0 Å². The van der Waals surface area contributed by atoms with Gasteiger partial charge in [0.15, 0.2) is 0 Å². The quantitative estimate of drug-likeness (QED) is 0.822. The van der Waals surface area contributed by atoms with Crippen LogP contribution < -0.4 is 5.32 Å². The second-order valence-electron chi connectivity index (χ2n) is 5.50. The molecule has 0 radical (unpaired) electrons. The lowest BCUT2D eigenvalue weighted by molar-refractivity contribution is 0.112. The molecule has 94 valence electrons. The van der Waals surface area contributed by atoms with E-state index in [1.807, 2.05) is 12.1 Å². The predicted octanol–water partition coefficient (Wildman–Crippen LogP) is 2.39. The Morgan fingerprint density at radius 2 is 2.11 bits per heavy atom. The Morgan fingerprint density at radius 3 is 2.78 bits per heavy atom. The molecule has 2 aliphatic heterocycles. The summed E-state index contributed by atoms with van der Waals surface area (Å²) in [6, 6.07) is 10.5. The van der Waals surface area contributed by atoms with E-state index in [9.17, 15) is 0 Å². The molecule has 2 aliphatic rings. The number of benzene rings is 1. The highest BCUT2D eigenvalue weighted by Gasteiger charge is 2.39. The van der Waals surface area contributed by atoms with Gasteiger partial charge >= 0.3 is 0 Å². The summed E-state index contributed by atoms with van der Waals surface area (Å²) >= 11 is 0. The molecular weight excluding hydrogens is 224 g/mol. The number of nitriles is 1. The Kier molecular flexibility index (Phi) is 3.07. The van der Waals surface area contributed by atoms with Crippen LogP contribution in [0.1, 0.15) is 36.4 Å². The van der Waals surface area contributed by atoms with E-state index in [2.05, 4.69) is 23.5 Å². The Balaban J connectivity index is 1.77. The van der Waals surface area contributed by atoms with Gasteiger partial charge in [-0.2, -0.15) is 5.26 Å². The predicted molar refractivity (Wildman–Crippen MR) is 69.0 cm³/mol. The first-order valence-corrected chi connectivity index (χ1v) is 6.63. The van der Waals surface area contributed by atoms with Crippen LogP contribution in [0.4, 0.5) is 0 Å². The summed E-state index contributed by atoms with van der Waals surface area (Å²) in [6.07, 6.45) is 3.57. The van der Waals surface area contributed by atoms with E-state index in [-0.39, 0.29) is 0 Å². The minimum atomic E-state index is 0.393. The molecule has 0 aromatic heterocycles. The molecule has 3 heteroatoms. The normalized spacial score (nSPS) is 31.4. The van der Waals surface area contributed by atoms with Crippen molar-refractivity contribution in [2.24, 2.45) is 5.41 Å². The third-order valence-electron chi connectivity index (χ3n) is 4.31. The molecule has 18 heavy (non-hydrogen) atoms. The van der Waals surface area contributed by atoms with E-state index < -0.39 is 0 Å². The molecule has 2 atom stereocenters. The molecule has 3 rings (SSSR count). The minimum absolute atomic E-state index is 0.393. The van der Waals surface area contributed by atoms with Crippen molar-refractivity contribution in [3.05, 3.63) is 35.4 Å². The first kappa shape index (κ1) is 11.7. The molecule has 0 amide bonds. The van der Waals surface area contributed by atoms with Crippen LogP contribution >= 0.6 is 0 Å². The highest BCUT2D eigenvalue weighted by atomic mass is 16.5. The van der Waals surface area contributed by atoms with Crippen LogP contribution in [0.3, 0.4) is 0 Å². The molecule has 0 saturated carbocycles. The lowest BCUT2D eigenvalue weighted by Gasteiger charge is -2.38. The third-order valence-corrected chi connectivity index (χ3v) is 4.31. The fourth-order valence-corrected chi connectivity index (χ4v) is 3.15. The fraction of sp³-hybridized carbons (Fsp3) is 0.533. The Morgan fingerprint density at radius 1 is 1.28 bits per heavy atom. The summed E-state index contributed by atoms with van der Waals surface area (Å²) in [5, 5.41) is 12.4. The van der Waals surface area contributed by atoms with Gasteiger partial charge < -0.3 is 10.1 Å². The molecule has 1 N–H and O–H groups in total. The van der Waals surface area contributed by atoms with Gasteiger partial charge in [-0.15, -0.1) is 0 Å². The maximum atomic E-state index is 8.82. The zero-order valence-corrected chi connectivity index (χ0v) is 10.5. The lowest BCUT2D eigenvalue weighted by Crippen LogP contribution is -2.39. The third kappa shape index (κ3) is 2.14. The van der Waals surface area contributed by atoms with E-state index in [0.717, 1.165) is 31.7 Å². The van der Waals surface area contributed by atoms with Gasteiger partial charge in [-0.05, 0) is 48.9 Å². The van der Waals surface area contributed by atoms with Crippen molar-refractivity contribution < 1.29 is 4.74 Å². The highest BCUT2D eigenvalue weighted by molar-refractivity contribution is 5.33. The second kappa shape index (κ2) is 4.72. The summed E-state index contributed by atoms with van der Waals surface area (Å²) in [7, 11) is 0. The molecule has 1 aromatic rings.